The molecule has 0 unspecified atom stereocenters. The fourth-order valence-corrected chi connectivity index (χ4v) is 2.83. The largest absolute Gasteiger partial charge is 0.370 e. The van der Waals surface area contributed by atoms with Gasteiger partial charge < -0.3 is 9.64 Å². The average Bonchev–Trinajstić information content (AvgIpc) is 3.03. The summed E-state index contributed by atoms with van der Waals surface area (Å²) in [6.07, 6.45) is 2.55. The SMILES string of the molecule is CCc1cc(N2CC(OCc3ccccc3F)C2)c2nncn2n1. The van der Waals surface area contributed by atoms with E-state index in [9.17, 15) is 4.39 Å². The molecule has 1 aliphatic heterocycles. The topological polar surface area (TPSA) is 55.5 Å². The zero-order chi connectivity index (χ0) is 16.5. The number of rotatable bonds is 5. The number of hydrogen-bond donors (Lipinski definition) is 0. The van der Waals surface area contributed by atoms with E-state index in [0.717, 1.165) is 36.5 Å². The molecule has 6 nitrogen and oxygen atoms in total. The van der Waals surface area contributed by atoms with Crippen LogP contribution >= 0.6 is 0 Å². The Morgan fingerprint density at radius 1 is 1.29 bits per heavy atom. The maximum Gasteiger partial charge on any atom is 0.200 e. The molecule has 1 aliphatic rings. The van der Waals surface area contributed by atoms with Crippen molar-refractivity contribution in [2.75, 3.05) is 18.0 Å². The van der Waals surface area contributed by atoms with Gasteiger partial charge in [0.2, 0.25) is 5.65 Å². The standard InChI is InChI=1S/C17H18FN5O/c1-2-13-7-16(17-20-19-11-23(17)21-13)22-8-14(9-22)24-10-12-5-3-4-6-15(12)18/h3-7,11,14H,2,8-10H2,1H3. The van der Waals surface area contributed by atoms with Gasteiger partial charge in [-0.05, 0) is 18.6 Å². The highest BCUT2D eigenvalue weighted by Crippen LogP contribution is 2.27. The Hall–Kier alpha value is -2.54. The molecule has 0 atom stereocenters. The first-order chi connectivity index (χ1) is 11.7. The first kappa shape index (κ1) is 15.0. The molecular formula is C17H18FN5O. The maximum absolute atomic E-state index is 13.6. The average molecular weight is 327 g/mol. The van der Waals surface area contributed by atoms with E-state index in [1.165, 1.54) is 6.07 Å². The number of halogens is 1. The summed E-state index contributed by atoms with van der Waals surface area (Å²) in [5.74, 6) is -0.222. The third kappa shape index (κ3) is 2.71. The molecule has 0 spiro atoms. The van der Waals surface area contributed by atoms with E-state index in [2.05, 4.69) is 33.2 Å². The summed E-state index contributed by atoms with van der Waals surface area (Å²) in [5, 5.41) is 12.5. The Balaban J connectivity index is 1.42. The number of ether oxygens (including phenoxy) is 1. The second-order valence-electron chi connectivity index (χ2n) is 5.90. The van der Waals surface area contributed by atoms with Gasteiger partial charge in [-0.1, -0.05) is 25.1 Å². The highest BCUT2D eigenvalue weighted by molar-refractivity contribution is 5.69. The van der Waals surface area contributed by atoms with Gasteiger partial charge in [0.05, 0.1) is 24.1 Å². The summed E-state index contributed by atoms with van der Waals surface area (Å²) in [6.45, 7) is 3.87. The van der Waals surface area contributed by atoms with Crippen LogP contribution in [0.3, 0.4) is 0 Å². The first-order valence-electron chi connectivity index (χ1n) is 8.04. The fourth-order valence-electron chi connectivity index (χ4n) is 2.83. The number of hydrogen-bond acceptors (Lipinski definition) is 5. The van der Waals surface area contributed by atoms with Crippen LogP contribution in [0, 0.1) is 5.82 Å². The van der Waals surface area contributed by atoms with Gasteiger partial charge in [0.25, 0.3) is 0 Å². The predicted molar refractivity (Wildman–Crippen MR) is 87.4 cm³/mol. The van der Waals surface area contributed by atoms with Gasteiger partial charge in [-0.15, -0.1) is 10.2 Å². The molecule has 2 aromatic heterocycles. The third-order valence-corrected chi connectivity index (χ3v) is 4.28. The summed E-state index contributed by atoms with van der Waals surface area (Å²) in [4.78, 5) is 2.19. The minimum Gasteiger partial charge on any atom is -0.370 e. The molecule has 1 fully saturated rings. The smallest absolute Gasteiger partial charge is 0.200 e. The van der Waals surface area contributed by atoms with Gasteiger partial charge in [-0.25, -0.2) is 4.39 Å². The van der Waals surface area contributed by atoms with Gasteiger partial charge in [0, 0.05) is 18.7 Å². The Morgan fingerprint density at radius 3 is 2.92 bits per heavy atom. The lowest BCUT2D eigenvalue weighted by Gasteiger charge is -2.40. The van der Waals surface area contributed by atoms with Crippen molar-refractivity contribution >= 4 is 11.3 Å². The predicted octanol–water partition coefficient (Wildman–Crippen LogP) is 2.23. The van der Waals surface area contributed by atoms with E-state index in [1.54, 1.807) is 23.0 Å². The molecule has 124 valence electrons. The van der Waals surface area contributed by atoms with Crippen LogP contribution in [0.25, 0.3) is 5.65 Å². The van der Waals surface area contributed by atoms with Crippen molar-refractivity contribution in [3.63, 3.8) is 0 Å². The Bertz CT molecular complexity index is 859. The minimum atomic E-state index is -0.222. The molecule has 0 N–H and O–H groups in total. The molecule has 3 aromatic rings. The van der Waals surface area contributed by atoms with Crippen LogP contribution in [-0.4, -0.2) is 39.0 Å². The second-order valence-corrected chi connectivity index (χ2v) is 5.90. The van der Waals surface area contributed by atoms with Crippen molar-refractivity contribution in [2.45, 2.75) is 26.1 Å². The normalized spacial score (nSPS) is 15.0. The molecule has 0 bridgehead atoms. The molecule has 1 aromatic carbocycles. The maximum atomic E-state index is 13.6. The van der Waals surface area contributed by atoms with Crippen LogP contribution in [-0.2, 0) is 17.8 Å². The second kappa shape index (κ2) is 6.16. The molecule has 0 saturated carbocycles. The lowest BCUT2D eigenvalue weighted by atomic mass is 10.1. The summed E-state index contributed by atoms with van der Waals surface area (Å²) in [6, 6.07) is 8.76. The number of benzene rings is 1. The van der Waals surface area contributed by atoms with Gasteiger partial charge >= 0.3 is 0 Å². The number of anilines is 1. The van der Waals surface area contributed by atoms with Crippen LogP contribution < -0.4 is 4.90 Å². The fraction of sp³-hybridized carbons (Fsp3) is 0.353. The number of aromatic nitrogens is 4. The molecule has 0 amide bonds. The molecule has 0 radical (unpaired) electrons. The summed E-state index contributed by atoms with van der Waals surface area (Å²) >= 11 is 0. The van der Waals surface area contributed by atoms with Crippen molar-refractivity contribution < 1.29 is 9.13 Å². The number of aryl methyl sites for hydroxylation is 1. The van der Waals surface area contributed by atoms with Gasteiger partial charge in [-0.3, -0.25) is 0 Å². The van der Waals surface area contributed by atoms with Gasteiger partial charge in [0.1, 0.15) is 12.1 Å². The molecule has 24 heavy (non-hydrogen) atoms. The Kier molecular flexibility index (Phi) is 3.86. The van der Waals surface area contributed by atoms with E-state index in [-0.39, 0.29) is 11.9 Å². The Morgan fingerprint density at radius 2 is 2.12 bits per heavy atom. The van der Waals surface area contributed by atoms with Crippen LogP contribution in [0.15, 0.2) is 36.7 Å². The van der Waals surface area contributed by atoms with Crippen molar-refractivity contribution in [3.05, 3.63) is 53.7 Å². The lowest BCUT2D eigenvalue weighted by molar-refractivity contribution is 0.0211. The number of fused-ring (bicyclic) bond motifs is 1. The molecule has 7 heteroatoms. The van der Waals surface area contributed by atoms with Crippen LogP contribution in [0.4, 0.5) is 10.1 Å². The van der Waals surface area contributed by atoms with E-state index < -0.39 is 0 Å². The zero-order valence-electron chi connectivity index (χ0n) is 13.4. The van der Waals surface area contributed by atoms with E-state index in [1.807, 2.05) is 6.07 Å². The van der Waals surface area contributed by atoms with Crippen LogP contribution in [0.5, 0.6) is 0 Å². The zero-order valence-corrected chi connectivity index (χ0v) is 13.4. The van der Waals surface area contributed by atoms with E-state index in [0.29, 0.717) is 12.2 Å². The van der Waals surface area contributed by atoms with Gasteiger partial charge in [-0.2, -0.15) is 9.61 Å². The van der Waals surface area contributed by atoms with E-state index in [4.69, 9.17) is 4.74 Å². The van der Waals surface area contributed by atoms with Crippen molar-refractivity contribution in [1.82, 2.24) is 19.8 Å². The Labute approximate surface area is 138 Å². The summed E-state index contributed by atoms with van der Waals surface area (Å²) in [5.41, 5.74) is 3.35. The highest BCUT2D eigenvalue weighted by Gasteiger charge is 2.30. The third-order valence-electron chi connectivity index (χ3n) is 4.28. The van der Waals surface area contributed by atoms with Crippen molar-refractivity contribution in [2.24, 2.45) is 0 Å². The van der Waals surface area contributed by atoms with Crippen molar-refractivity contribution in [1.29, 1.82) is 0 Å². The minimum absolute atomic E-state index is 0.0887. The van der Waals surface area contributed by atoms with Crippen LogP contribution in [0.1, 0.15) is 18.2 Å². The van der Waals surface area contributed by atoms with Crippen LogP contribution in [0.2, 0.25) is 0 Å². The molecule has 4 rings (SSSR count). The quantitative estimate of drug-likeness (QED) is 0.719. The molecular weight excluding hydrogens is 309 g/mol. The summed E-state index contributed by atoms with van der Waals surface area (Å²) in [7, 11) is 0. The highest BCUT2D eigenvalue weighted by atomic mass is 19.1. The molecule has 1 saturated heterocycles. The van der Waals surface area contributed by atoms with Gasteiger partial charge in [0.15, 0.2) is 0 Å². The number of nitrogens with zero attached hydrogens (tertiary/aromatic N) is 5. The van der Waals surface area contributed by atoms with Crippen molar-refractivity contribution in [3.8, 4) is 0 Å². The monoisotopic (exact) mass is 327 g/mol. The summed E-state index contributed by atoms with van der Waals surface area (Å²) < 4.78 is 21.1. The molecule has 3 heterocycles. The first-order valence-corrected chi connectivity index (χ1v) is 8.04. The molecule has 0 aliphatic carbocycles. The van der Waals surface area contributed by atoms with E-state index >= 15 is 0 Å². The lowest BCUT2D eigenvalue weighted by Crippen LogP contribution is -2.52.